The van der Waals surface area contributed by atoms with E-state index in [0.717, 1.165) is 12.1 Å². The van der Waals surface area contributed by atoms with Crippen LogP contribution in [0.2, 0.25) is 0 Å². The van der Waals surface area contributed by atoms with E-state index < -0.39 is 34.6 Å². The summed E-state index contributed by atoms with van der Waals surface area (Å²) in [6.07, 6.45) is -4.52. The van der Waals surface area contributed by atoms with Gasteiger partial charge in [0.1, 0.15) is 5.41 Å². The van der Waals surface area contributed by atoms with Gasteiger partial charge in [-0.15, -0.1) is 0 Å². The molecule has 0 radical (unpaired) electrons. The fraction of sp³-hybridized carbons (Fsp3) is 0.263. The van der Waals surface area contributed by atoms with Gasteiger partial charge in [-0.25, -0.2) is 0 Å². The van der Waals surface area contributed by atoms with Crippen LogP contribution in [0.15, 0.2) is 54.6 Å². The van der Waals surface area contributed by atoms with Crippen LogP contribution in [0.3, 0.4) is 0 Å². The molecule has 0 aliphatic rings. The number of alkyl halides is 3. The van der Waals surface area contributed by atoms with E-state index in [9.17, 15) is 27.9 Å². The summed E-state index contributed by atoms with van der Waals surface area (Å²) in [6, 6.07) is 12.7. The van der Waals surface area contributed by atoms with Gasteiger partial charge < -0.3 is 10.4 Å². The Hall–Kier alpha value is -2.83. The number of carbonyl (C=O) groups is 2. The minimum absolute atomic E-state index is 0.160. The Bertz CT molecular complexity index is 790. The summed E-state index contributed by atoms with van der Waals surface area (Å²) < 4.78 is 39.2. The number of hydrogen-bond donors (Lipinski definition) is 2. The molecule has 2 aromatic rings. The van der Waals surface area contributed by atoms with E-state index in [1.807, 2.05) is 0 Å². The predicted octanol–water partition coefficient (Wildman–Crippen LogP) is 3.87. The fourth-order valence-electron chi connectivity index (χ4n) is 2.79. The lowest BCUT2D eigenvalue weighted by Crippen LogP contribution is -2.46. The van der Waals surface area contributed by atoms with E-state index >= 15 is 0 Å². The summed E-state index contributed by atoms with van der Waals surface area (Å²) in [5.41, 5.74) is -2.55. The minimum Gasteiger partial charge on any atom is -0.481 e. The lowest BCUT2D eigenvalue weighted by Gasteiger charge is -2.29. The molecule has 0 saturated heterocycles. The normalized spacial score (nSPS) is 13.7. The largest absolute Gasteiger partial charge is 0.481 e. The van der Waals surface area contributed by atoms with Crippen LogP contribution in [0.5, 0.6) is 0 Å². The van der Waals surface area contributed by atoms with Crippen molar-refractivity contribution < 1.29 is 27.9 Å². The zero-order valence-electron chi connectivity index (χ0n) is 14.0. The molecule has 2 N–H and O–H groups in total. The first-order valence-electron chi connectivity index (χ1n) is 7.95. The summed E-state index contributed by atoms with van der Waals surface area (Å²) in [5.74, 6) is -2.12. The standard InChI is InChI=1S/C19H18F3NO3/c1-2-18(17(25)26,13-8-4-3-5-9-13)12-23-16(24)14-10-6-7-11-15(14)19(20,21)22/h3-11H,2,12H2,1H3,(H,23,24)(H,25,26). The van der Waals surface area contributed by atoms with Crippen molar-refractivity contribution in [2.24, 2.45) is 0 Å². The van der Waals surface area contributed by atoms with Gasteiger partial charge in [-0.2, -0.15) is 13.2 Å². The average Bonchev–Trinajstić information content (AvgIpc) is 2.62. The highest BCUT2D eigenvalue weighted by molar-refractivity contribution is 5.96. The van der Waals surface area contributed by atoms with Crippen molar-refractivity contribution in [1.82, 2.24) is 5.32 Å². The van der Waals surface area contributed by atoms with Crippen LogP contribution in [0, 0.1) is 0 Å². The summed E-state index contributed by atoms with van der Waals surface area (Å²) in [6.45, 7) is 1.32. The van der Waals surface area contributed by atoms with Gasteiger partial charge in [0.05, 0.1) is 11.1 Å². The van der Waals surface area contributed by atoms with Gasteiger partial charge in [-0.1, -0.05) is 49.4 Å². The van der Waals surface area contributed by atoms with E-state index in [0.29, 0.717) is 5.56 Å². The summed E-state index contributed by atoms with van der Waals surface area (Å²) in [5, 5.41) is 12.1. The summed E-state index contributed by atoms with van der Waals surface area (Å²) >= 11 is 0. The number of carbonyl (C=O) groups excluding carboxylic acids is 1. The van der Waals surface area contributed by atoms with Gasteiger partial charge >= 0.3 is 12.1 Å². The maximum atomic E-state index is 13.1. The van der Waals surface area contributed by atoms with Crippen molar-refractivity contribution in [2.45, 2.75) is 24.9 Å². The molecular formula is C19H18F3NO3. The third-order valence-corrected chi connectivity index (χ3v) is 4.37. The SMILES string of the molecule is CCC(CNC(=O)c1ccccc1C(F)(F)F)(C(=O)O)c1ccccc1. The monoisotopic (exact) mass is 365 g/mol. The lowest BCUT2D eigenvalue weighted by molar-refractivity contribution is -0.144. The molecule has 0 fully saturated rings. The maximum Gasteiger partial charge on any atom is 0.417 e. The number of halogens is 3. The molecule has 138 valence electrons. The van der Waals surface area contributed by atoms with E-state index in [2.05, 4.69) is 5.32 Å². The quantitative estimate of drug-likeness (QED) is 0.817. The molecule has 0 heterocycles. The molecule has 0 aliphatic carbocycles. The highest BCUT2D eigenvalue weighted by atomic mass is 19.4. The lowest BCUT2D eigenvalue weighted by atomic mass is 9.78. The van der Waals surface area contributed by atoms with Gasteiger partial charge in [0.15, 0.2) is 0 Å². The van der Waals surface area contributed by atoms with Crippen molar-refractivity contribution in [1.29, 1.82) is 0 Å². The van der Waals surface area contributed by atoms with E-state index in [1.54, 1.807) is 37.3 Å². The molecule has 0 spiro atoms. The molecule has 26 heavy (non-hydrogen) atoms. The molecule has 0 aromatic heterocycles. The summed E-state index contributed by atoms with van der Waals surface area (Å²) in [7, 11) is 0. The van der Waals surface area contributed by atoms with Crippen molar-refractivity contribution >= 4 is 11.9 Å². The first kappa shape index (κ1) is 19.5. The number of hydrogen-bond acceptors (Lipinski definition) is 2. The number of amides is 1. The fourth-order valence-corrected chi connectivity index (χ4v) is 2.79. The number of aliphatic carboxylic acids is 1. The van der Waals surface area contributed by atoms with Crippen LogP contribution in [-0.2, 0) is 16.4 Å². The van der Waals surface area contributed by atoms with E-state index in [1.165, 1.54) is 12.1 Å². The highest BCUT2D eigenvalue weighted by Crippen LogP contribution is 2.32. The molecule has 4 nitrogen and oxygen atoms in total. The third-order valence-electron chi connectivity index (χ3n) is 4.37. The Morgan fingerprint density at radius 2 is 1.58 bits per heavy atom. The smallest absolute Gasteiger partial charge is 0.417 e. The molecule has 0 saturated carbocycles. The maximum absolute atomic E-state index is 13.1. The second kappa shape index (κ2) is 7.59. The Balaban J connectivity index is 2.31. The van der Waals surface area contributed by atoms with Crippen molar-refractivity contribution in [3.63, 3.8) is 0 Å². The second-order valence-corrected chi connectivity index (χ2v) is 5.83. The second-order valence-electron chi connectivity index (χ2n) is 5.83. The first-order valence-corrected chi connectivity index (χ1v) is 7.95. The van der Waals surface area contributed by atoms with Crippen LogP contribution in [-0.4, -0.2) is 23.5 Å². The van der Waals surface area contributed by atoms with Crippen LogP contribution >= 0.6 is 0 Å². The van der Waals surface area contributed by atoms with E-state index in [4.69, 9.17) is 0 Å². The number of carboxylic acids is 1. The number of rotatable bonds is 6. The molecular weight excluding hydrogens is 347 g/mol. The molecule has 1 atom stereocenters. The Labute approximate surface area is 148 Å². The molecule has 1 unspecified atom stereocenters. The molecule has 7 heteroatoms. The summed E-state index contributed by atoms with van der Waals surface area (Å²) in [4.78, 5) is 24.2. The van der Waals surface area contributed by atoms with Crippen molar-refractivity contribution in [2.75, 3.05) is 6.54 Å². The topological polar surface area (TPSA) is 66.4 Å². The molecule has 0 aliphatic heterocycles. The molecule has 2 aromatic carbocycles. The number of benzene rings is 2. The molecule has 1 amide bonds. The first-order chi connectivity index (χ1) is 12.2. The van der Waals surface area contributed by atoms with Crippen LogP contribution in [0.1, 0.15) is 34.8 Å². The Morgan fingerprint density at radius 1 is 1.00 bits per heavy atom. The van der Waals surface area contributed by atoms with E-state index in [-0.39, 0.29) is 13.0 Å². The van der Waals surface area contributed by atoms with Gasteiger partial charge in [-0.3, -0.25) is 9.59 Å². The number of nitrogens with one attached hydrogen (secondary N) is 1. The Kier molecular flexibility index (Phi) is 5.69. The minimum atomic E-state index is -4.68. The van der Waals surface area contributed by atoms with Gasteiger partial charge in [-0.05, 0) is 24.1 Å². The van der Waals surface area contributed by atoms with Crippen LogP contribution in [0.25, 0.3) is 0 Å². The van der Waals surface area contributed by atoms with Crippen molar-refractivity contribution in [3.05, 3.63) is 71.3 Å². The Morgan fingerprint density at radius 3 is 2.12 bits per heavy atom. The third kappa shape index (κ3) is 3.87. The number of carboxylic acid groups (broad SMARTS) is 1. The average molecular weight is 365 g/mol. The highest BCUT2D eigenvalue weighted by Gasteiger charge is 2.40. The predicted molar refractivity (Wildman–Crippen MR) is 89.8 cm³/mol. The van der Waals surface area contributed by atoms with Gasteiger partial charge in [0.2, 0.25) is 0 Å². The van der Waals surface area contributed by atoms with Gasteiger partial charge in [0, 0.05) is 6.54 Å². The van der Waals surface area contributed by atoms with Crippen LogP contribution < -0.4 is 5.32 Å². The van der Waals surface area contributed by atoms with Gasteiger partial charge in [0.25, 0.3) is 5.91 Å². The van der Waals surface area contributed by atoms with Crippen LogP contribution in [0.4, 0.5) is 13.2 Å². The molecule has 0 bridgehead atoms. The zero-order chi connectivity index (χ0) is 19.4. The zero-order valence-corrected chi connectivity index (χ0v) is 14.0. The van der Waals surface area contributed by atoms with Crippen molar-refractivity contribution in [3.8, 4) is 0 Å². The molecule has 2 rings (SSSR count).